The third-order valence-corrected chi connectivity index (χ3v) is 18.4. The second-order valence-electron chi connectivity index (χ2n) is 18.9. The maximum absolute atomic E-state index is 13.6. The van der Waals surface area contributed by atoms with Gasteiger partial charge in [0.05, 0.1) is 46.8 Å². The molecule has 6 aliphatic rings. The highest BCUT2D eigenvalue weighted by Gasteiger charge is 2.56. The standard InChI is InChI=1S/C46H61N9O11S3/c1-68(63,64)54-20-14-31(26-54)40(58)50-25-38(57)53-45-51-34(27-67-45)30-8-4-7-28(23-30)29-13-19-48-36(24-29)46(15-16-46)44(62)49-17-2-3-21-69(65,66)22-6-18-47-33-10-5-9-32-39(33)43(61)55(42(32)60)35-11-12-37(56)52-41(35)59/h4-5,7-10,23,29,31,34-36,45,47-48,51H,2-3,6,11-22,24-27H2,1H3,(H,49,62)(H,50,58)(H,53,57)(H,52,56,59). The number of amides is 7. The van der Waals surface area contributed by atoms with Crippen molar-refractivity contribution in [1.82, 2.24) is 41.1 Å². The van der Waals surface area contributed by atoms with Crippen molar-refractivity contribution in [2.75, 3.05) is 68.1 Å². The van der Waals surface area contributed by atoms with Gasteiger partial charge >= 0.3 is 0 Å². The van der Waals surface area contributed by atoms with E-state index in [1.54, 1.807) is 23.9 Å². The first kappa shape index (κ1) is 50.4. The summed E-state index contributed by atoms with van der Waals surface area (Å²) in [6.07, 6.45) is 6.02. The van der Waals surface area contributed by atoms with Crippen LogP contribution in [0.15, 0.2) is 42.5 Å². The van der Waals surface area contributed by atoms with Crippen LogP contribution < -0.4 is 37.2 Å². The van der Waals surface area contributed by atoms with E-state index in [9.17, 15) is 50.4 Å². The summed E-state index contributed by atoms with van der Waals surface area (Å²) in [6, 6.07) is 12.1. The summed E-state index contributed by atoms with van der Waals surface area (Å²) in [5, 5.41) is 21.0. The summed E-state index contributed by atoms with van der Waals surface area (Å²) in [4.78, 5) is 90.4. The number of fused-ring (bicyclic) bond motifs is 1. The number of nitrogens with one attached hydrogen (secondary N) is 7. The average molecular weight is 1010 g/mol. The number of hydrogen-bond acceptors (Lipinski definition) is 15. The number of benzene rings is 2. The maximum Gasteiger partial charge on any atom is 0.264 e. The van der Waals surface area contributed by atoms with Gasteiger partial charge in [-0.3, -0.25) is 49.1 Å². The monoisotopic (exact) mass is 1010 g/mol. The van der Waals surface area contributed by atoms with E-state index < -0.39 is 60.9 Å². The second-order valence-corrected chi connectivity index (χ2v) is 24.4. The number of nitrogens with zero attached hydrogens (tertiary/aromatic N) is 2. The Balaban J connectivity index is 0.729. The van der Waals surface area contributed by atoms with Crippen LogP contribution >= 0.6 is 11.8 Å². The number of carbonyl (C=O) groups is 7. The molecule has 20 nitrogen and oxygen atoms in total. The van der Waals surface area contributed by atoms with Gasteiger partial charge in [0.25, 0.3) is 11.8 Å². The number of sulfonamides is 1. The molecule has 4 saturated heterocycles. The fourth-order valence-electron chi connectivity index (χ4n) is 10.1. The zero-order chi connectivity index (χ0) is 49.1. The normalized spacial score (nSPS) is 25.8. The highest BCUT2D eigenvalue weighted by atomic mass is 32.2. The van der Waals surface area contributed by atoms with E-state index in [1.165, 1.54) is 15.9 Å². The third kappa shape index (κ3) is 11.8. The molecule has 2 aromatic carbocycles. The summed E-state index contributed by atoms with van der Waals surface area (Å²) in [5.74, 6) is -2.74. The van der Waals surface area contributed by atoms with Gasteiger partial charge in [-0.2, -0.15) is 0 Å². The molecule has 1 aliphatic carbocycles. The Labute approximate surface area is 406 Å². The van der Waals surface area contributed by atoms with Crippen molar-refractivity contribution in [3.05, 3.63) is 64.7 Å². The van der Waals surface area contributed by atoms with E-state index in [1.807, 2.05) is 6.07 Å². The van der Waals surface area contributed by atoms with Gasteiger partial charge in [-0.05, 0) is 93.5 Å². The van der Waals surface area contributed by atoms with E-state index in [4.69, 9.17) is 0 Å². The minimum absolute atomic E-state index is 0.00116. The molecule has 0 spiro atoms. The predicted molar refractivity (Wildman–Crippen MR) is 257 cm³/mol. The highest BCUT2D eigenvalue weighted by Crippen LogP contribution is 2.52. The van der Waals surface area contributed by atoms with Gasteiger partial charge in [-0.15, -0.1) is 11.8 Å². The van der Waals surface area contributed by atoms with Crippen LogP contribution in [-0.4, -0.2) is 148 Å². The number of rotatable bonds is 20. The molecule has 0 bridgehead atoms. The number of imide groups is 2. The minimum Gasteiger partial charge on any atom is -0.384 e. The number of sulfone groups is 1. The van der Waals surface area contributed by atoms with Gasteiger partial charge in [0, 0.05) is 56.1 Å². The molecular weight excluding hydrogens is 951 g/mol. The molecule has 0 aromatic heterocycles. The summed E-state index contributed by atoms with van der Waals surface area (Å²) in [6.45, 7) is 1.56. The Hall–Kier alpha value is -4.94. The van der Waals surface area contributed by atoms with E-state index in [0.29, 0.717) is 31.5 Å². The number of unbranched alkanes of at least 4 members (excludes halogenated alkanes) is 1. The Kier molecular flexibility index (Phi) is 15.5. The number of anilines is 1. The molecule has 23 heteroatoms. The lowest BCUT2D eigenvalue weighted by Crippen LogP contribution is -2.54. The molecular formula is C46H61N9O11S3. The van der Waals surface area contributed by atoms with E-state index in [0.717, 1.165) is 54.7 Å². The number of piperidine rings is 2. The molecule has 0 radical (unpaired) electrons. The van der Waals surface area contributed by atoms with Crippen molar-refractivity contribution in [2.45, 2.75) is 93.7 Å². The summed E-state index contributed by atoms with van der Waals surface area (Å²) in [5.41, 5.74) is 2.06. The molecule has 5 aliphatic heterocycles. The molecule has 374 valence electrons. The van der Waals surface area contributed by atoms with Crippen molar-refractivity contribution in [3.63, 3.8) is 0 Å². The van der Waals surface area contributed by atoms with Gasteiger partial charge in [-0.1, -0.05) is 30.3 Å². The summed E-state index contributed by atoms with van der Waals surface area (Å²) >= 11 is 1.57. The minimum atomic E-state index is -3.41. The Morgan fingerprint density at radius 1 is 0.884 bits per heavy atom. The van der Waals surface area contributed by atoms with Crippen molar-refractivity contribution in [3.8, 4) is 0 Å². The molecule has 7 amide bonds. The van der Waals surface area contributed by atoms with Crippen LogP contribution in [0.5, 0.6) is 0 Å². The highest BCUT2D eigenvalue weighted by molar-refractivity contribution is 8.00. The van der Waals surface area contributed by atoms with Crippen LogP contribution in [0.1, 0.15) is 108 Å². The molecule has 7 N–H and O–H groups in total. The van der Waals surface area contributed by atoms with Gasteiger partial charge in [0.15, 0.2) is 0 Å². The molecule has 5 heterocycles. The molecule has 6 unspecified atom stereocenters. The molecule has 8 rings (SSSR count). The largest absolute Gasteiger partial charge is 0.384 e. The van der Waals surface area contributed by atoms with Gasteiger partial charge in [0.2, 0.25) is 39.6 Å². The Morgan fingerprint density at radius 3 is 2.41 bits per heavy atom. The van der Waals surface area contributed by atoms with Crippen LogP contribution in [0, 0.1) is 11.3 Å². The number of thioether (sulfide) groups is 1. The fourth-order valence-corrected chi connectivity index (χ4v) is 13.6. The Bertz CT molecular complexity index is 2590. The van der Waals surface area contributed by atoms with Gasteiger partial charge in [-0.25, -0.2) is 21.1 Å². The topological polar surface area (TPSA) is 278 Å². The van der Waals surface area contributed by atoms with E-state index in [2.05, 4.69) is 55.4 Å². The van der Waals surface area contributed by atoms with Gasteiger partial charge < -0.3 is 26.6 Å². The summed E-state index contributed by atoms with van der Waals surface area (Å²) in [7, 11) is -6.78. The first-order chi connectivity index (χ1) is 32.9. The molecule has 6 atom stereocenters. The maximum atomic E-state index is 13.6. The van der Waals surface area contributed by atoms with Crippen molar-refractivity contribution < 1.29 is 50.4 Å². The third-order valence-electron chi connectivity index (χ3n) is 14.2. The number of hydrogen-bond donors (Lipinski definition) is 7. The van der Waals surface area contributed by atoms with Crippen molar-refractivity contribution in [2.24, 2.45) is 11.3 Å². The summed E-state index contributed by atoms with van der Waals surface area (Å²) < 4.78 is 50.7. The van der Waals surface area contributed by atoms with E-state index in [-0.39, 0.29) is 109 Å². The smallest absolute Gasteiger partial charge is 0.264 e. The average Bonchev–Trinajstić information content (AvgIpc) is 3.59. The number of carbonyl (C=O) groups excluding carboxylic acids is 7. The van der Waals surface area contributed by atoms with Crippen LogP contribution in [0.2, 0.25) is 0 Å². The van der Waals surface area contributed by atoms with Crippen LogP contribution in [-0.2, 0) is 43.8 Å². The first-order valence-electron chi connectivity index (χ1n) is 23.7. The lowest BCUT2D eigenvalue weighted by atomic mass is 9.79. The first-order valence-corrected chi connectivity index (χ1v) is 28.4. The quantitative estimate of drug-likeness (QED) is 0.0710. The molecule has 5 fully saturated rings. The van der Waals surface area contributed by atoms with Crippen molar-refractivity contribution >= 4 is 78.7 Å². The lowest BCUT2D eigenvalue weighted by Gasteiger charge is -2.35. The van der Waals surface area contributed by atoms with E-state index >= 15 is 0 Å². The van der Waals surface area contributed by atoms with Crippen LogP contribution in [0.4, 0.5) is 5.69 Å². The van der Waals surface area contributed by atoms with Crippen molar-refractivity contribution in [1.29, 1.82) is 0 Å². The second kappa shape index (κ2) is 21.2. The van der Waals surface area contributed by atoms with Crippen LogP contribution in [0.3, 0.4) is 0 Å². The molecule has 1 saturated carbocycles. The zero-order valence-electron chi connectivity index (χ0n) is 38.6. The lowest BCUT2D eigenvalue weighted by molar-refractivity contribution is -0.136. The predicted octanol–water partition coefficient (Wildman–Crippen LogP) is 0.692. The SMILES string of the molecule is CS(=O)(=O)N1CCC(C(=O)NCC(=O)NC2NC(c3cccc(C4CCNC(C5(C(=O)NCCCCS(=O)(=O)CCCNc6cccc7c6C(=O)N(C6CCC(=O)NC6=O)C7=O)CC5)C4)c3)CS2)C1. The fraction of sp³-hybridized carbons (Fsp3) is 0.587. The molecule has 2 aromatic rings. The molecule has 69 heavy (non-hydrogen) atoms. The zero-order valence-corrected chi connectivity index (χ0v) is 41.0. The van der Waals surface area contributed by atoms with Gasteiger partial charge in [0.1, 0.15) is 21.4 Å². The van der Waals surface area contributed by atoms with Crippen LogP contribution in [0.25, 0.3) is 0 Å². The Morgan fingerprint density at radius 2 is 1.65 bits per heavy atom.